The molecule has 0 fully saturated rings. The number of carbonyl (C=O) groups is 2. The number of hydrogen-bond acceptors (Lipinski definition) is 3. The fourth-order valence-corrected chi connectivity index (χ4v) is 0. The van der Waals surface area contributed by atoms with Crippen molar-refractivity contribution in [3.63, 3.8) is 0 Å². The maximum atomic E-state index is 9.10. The van der Waals surface area contributed by atoms with Crippen LogP contribution < -0.4 is 6.15 Å². The van der Waals surface area contributed by atoms with Crippen LogP contribution in [0.1, 0.15) is 0 Å². The molecule has 1 radical (unpaired) electrons. The van der Waals surface area contributed by atoms with Gasteiger partial charge in [0, 0.05) is 17.1 Å². The van der Waals surface area contributed by atoms with E-state index in [1.165, 1.54) is 0 Å². The van der Waals surface area contributed by atoms with Crippen LogP contribution in [-0.4, -0.2) is 38.6 Å². The van der Waals surface area contributed by atoms with Crippen LogP contribution in [0.25, 0.3) is 0 Å². The van der Waals surface area contributed by atoms with E-state index in [1.54, 1.807) is 0 Å². The molecule has 0 saturated carbocycles. The molecule has 0 rings (SSSR count). The summed E-state index contributed by atoms with van der Waals surface area (Å²) in [5.74, 6) is -3.65. The molecule has 0 unspecified atom stereocenters. The van der Waals surface area contributed by atoms with Crippen LogP contribution in [0.3, 0.4) is 0 Å². The summed E-state index contributed by atoms with van der Waals surface area (Å²) in [6, 6.07) is 0. The van der Waals surface area contributed by atoms with E-state index in [1.807, 2.05) is 0 Å². The standard InChI is InChI=1S/C2H2O4.Mn.H3N.3H2O/c3-1(4)2(5)6;;;;;/h(H,3,4)(H,5,6);;1H3;3*1H2. The molecule has 0 saturated heterocycles. The first-order valence-corrected chi connectivity index (χ1v) is 1.11. The molecular formula is C2H11MnNO7. The average molecular weight is 216 g/mol. The molecule has 0 aliphatic rings. The van der Waals surface area contributed by atoms with Gasteiger partial charge >= 0.3 is 11.9 Å². The molecule has 0 atom stereocenters. The first-order chi connectivity index (χ1) is 2.64. The van der Waals surface area contributed by atoms with Crippen LogP contribution in [0.5, 0.6) is 0 Å². The molecule has 0 aromatic rings. The van der Waals surface area contributed by atoms with Gasteiger partial charge in [0.15, 0.2) is 0 Å². The van der Waals surface area contributed by atoms with Crippen LogP contribution in [0.2, 0.25) is 0 Å². The summed E-state index contributed by atoms with van der Waals surface area (Å²) in [5, 5.41) is 14.8. The molecule has 0 aromatic carbocycles. The van der Waals surface area contributed by atoms with Crippen molar-refractivity contribution in [2.75, 3.05) is 0 Å². The van der Waals surface area contributed by atoms with Gasteiger partial charge in [-0.05, 0) is 0 Å². The van der Waals surface area contributed by atoms with Crippen LogP contribution in [0.15, 0.2) is 0 Å². The Bertz CT molecular complexity index is 82.4. The molecule has 0 aliphatic heterocycles. The predicted molar refractivity (Wildman–Crippen MR) is 31.1 cm³/mol. The first-order valence-electron chi connectivity index (χ1n) is 1.11. The number of rotatable bonds is 0. The predicted octanol–water partition coefficient (Wildman–Crippen LogP) is -3.16. The molecule has 0 aromatic heterocycles. The van der Waals surface area contributed by atoms with Gasteiger partial charge in [0.2, 0.25) is 0 Å². The van der Waals surface area contributed by atoms with Gasteiger partial charge in [-0.25, -0.2) is 9.59 Å². The van der Waals surface area contributed by atoms with E-state index < -0.39 is 11.9 Å². The molecule has 8 nitrogen and oxygen atoms in total. The van der Waals surface area contributed by atoms with Crippen molar-refractivity contribution < 1.29 is 53.3 Å². The van der Waals surface area contributed by atoms with Crippen molar-refractivity contribution in [3.05, 3.63) is 0 Å². The van der Waals surface area contributed by atoms with E-state index in [2.05, 4.69) is 0 Å². The Hall–Kier alpha value is -0.701. The van der Waals surface area contributed by atoms with Gasteiger partial charge in [0.1, 0.15) is 0 Å². The molecule has 0 amide bonds. The Morgan fingerprint density at radius 2 is 0.909 bits per heavy atom. The zero-order valence-electron chi connectivity index (χ0n) is 5.30. The fraction of sp³-hybridized carbons (Fsp3) is 0. The van der Waals surface area contributed by atoms with Crippen LogP contribution in [0.4, 0.5) is 0 Å². The van der Waals surface area contributed by atoms with E-state index in [0.29, 0.717) is 0 Å². The summed E-state index contributed by atoms with van der Waals surface area (Å²) in [6.07, 6.45) is 0. The molecule has 0 bridgehead atoms. The Balaban J connectivity index is -0.0000000125. The molecular weight excluding hydrogens is 205 g/mol. The third-order valence-corrected chi connectivity index (χ3v) is 0.183. The maximum Gasteiger partial charge on any atom is 0.414 e. The van der Waals surface area contributed by atoms with E-state index in [9.17, 15) is 0 Å². The Morgan fingerprint density at radius 3 is 0.909 bits per heavy atom. The summed E-state index contributed by atoms with van der Waals surface area (Å²) >= 11 is 0. The van der Waals surface area contributed by atoms with Crippen LogP contribution in [-0.2, 0) is 26.7 Å². The topological polar surface area (TPSA) is 204 Å². The van der Waals surface area contributed by atoms with Crippen LogP contribution in [0, 0.1) is 0 Å². The third-order valence-electron chi connectivity index (χ3n) is 0.183. The maximum absolute atomic E-state index is 9.10. The fourth-order valence-electron chi connectivity index (χ4n) is 0. The van der Waals surface area contributed by atoms with Gasteiger partial charge < -0.3 is 32.8 Å². The van der Waals surface area contributed by atoms with Crippen molar-refractivity contribution in [1.29, 1.82) is 0 Å². The molecule has 9 heteroatoms. The van der Waals surface area contributed by atoms with Gasteiger partial charge in [-0.3, -0.25) is 0 Å². The van der Waals surface area contributed by atoms with E-state index in [-0.39, 0.29) is 39.6 Å². The number of carboxylic acid groups (broad SMARTS) is 2. The third kappa shape index (κ3) is 45.5. The second-order valence-electron chi connectivity index (χ2n) is 0.610. The summed E-state index contributed by atoms with van der Waals surface area (Å²) in [6.45, 7) is 0. The van der Waals surface area contributed by atoms with Crippen molar-refractivity contribution >= 4 is 11.9 Å². The SMILES string of the molecule is N.O.O.O.O=C(O)C(=O)O.[Mn]. The second kappa shape index (κ2) is 22.8. The Kier molecular flexibility index (Phi) is 99.9. The van der Waals surface area contributed by atoms with E-state index in [4.69, 9.17) is 19.8 Å². The zero-order chi connectivity index (χ0) is 5.15. The quantitative estimate of drug-likeness (QED) is 0.282. The van der Waals surface area contributed by atoms with Gasteiger partial charge in [-0.2, -0.15) is 0 Å². The smallest absolute Gasteiger partial charge is 0.414 e. The summed E-state index contributed by atoms with van der Waals surface area (Å²) < 4.78 is 0. The number of carboxylic acids is 2. The Morgan fingerprint density at radius 1 is 0.818 bits per heavy atom. The van der Waals surface area contributed by atoms with Gasteiger partial charge in [-0.1, -0.05) is 0 Å². The average Bonchev–Trinajstić information content (AvgIpc) is 1.36. The summed E-state index contributed by atoms with van der Waals surface area (Å²) in [4.78, 5) is 18.2. The minimum Gasteiger partial charge on any atom is -0.473 e. The minimum absolute atomic E-state index is 0. The summed E-state index contributed by atoms with van der Waals surface area (Å²) in [7, 11) is 0. The van der Waals surface area contributed by atoms with Crippen molar-refractivity contribution in [3.8, 4) is 0 Å². The van der Waals surface area contributed by atoms with Gasteiger partial charge in [0.25, 0.3) is 0 Å². The van der Waals surface area contributed by atoms with Crippen LogP contribution >= 0.6 is 0 Å². The zero-order valence-corrected chi connectivity index (χ0v) is 6.48. The van der Waals surface area contributed by atoms with E-state index in [0.717, 1.165) is 0 Å². The summed E-state index contributed by atoms with van der Waals surface area (Å²) in [5.41, 5.74) is 0. The second-order valence-corrected chi connectivity index (χ2v) is 0.610. The molecule has 0 spiro atoms. The molecule has 11 heavy (non-hydrogen) atoms. The first kappa shape index (κ1) is 48.2. The largest absolute Gasteiger partial charge is 0.473 e. The van der Waals surface area contributed by atoms with Crippen molar-refractivity contribution in [2.45, 2.75) is 0 Å². The molecule has 0 heterocycles. The van der Waals surface area contributed by atoms with Gasteiger partial charge in [0.05, 0.1) is 0 Å². The van der Waals surface area contributed by atoms with E-state index >= 15 is 0 Å². The van der Waals surface area contributed by atoms with Gasteiger partial charge in [-0.15, -0.1) is 0 Å². The Labute approximate surface area is 72.2 Å². The van der Waals surface area contributed by atoms with Crippen molar-refractivity contribution in [1.82, 2.24) is 6.15 Å². The van der Waals surface area contributed by atoms with Crippen molar-refractivity contribution in [2.24, 2.45) is 0 Å². The molecule has 11 N–H and O–H groups in total. The number of aliphatic carboxylic acids is 2. The molecule has 73 valence electrons. The molecule has 0 aliphatic carbocycles. The normalized spacial score (nSPS) is 4.00. The number of hydrogen-bond donors (Lipinski definition) is 3. The monoisotopic (exact) mass is 216 g/mol. The minimum atomic E-state index is -1.82.